The standard InChI is InChI=1S/C11H14O2/c1-8-5-6-13-11-7-9(12-2)3-4-10(8)11/h3-4,7-8H,5-6H2,1-2H3. The zero-order valence-electron chi connectivity index (χ0n) is 8.04. The summed E-state index contributed by atoms with van der Waals surface area (Å²) in [7, 11) is 1.67. The summed E-state index contributed by atoms with van der Waals surface area (Å²) in [5.74, 6) is 2.46. The smallest absolute Gasteiger partial charge is 0.126 e. The summed E-state index contributed by atoms with van der Waals surface area (Å²) in [5.41, 5.74) is 1.30. The van der Waals surface area contributed by atoms with Crippen molar-refractivity contribution in [3.8, 4) is 11.5 Å². The zero-order chi connectivity index (χ0) is 9.26. The number of benzene rings is 1. The number of methoxy groups -OCH3 is 1. The Morgan fingerprint density at radius 1 is 1.46 bits per heavy atom. The maximum Gasteiger partial charge on any atom is 0.126 e. The van der Waals surface area contributed by atoms with Gasteiger partial charge in [-0.15, -0.1) is 0 Å². The Bertz CT molecular complexity index is 307. The van der Waals surface area contributed by atoms with Crippen LogP contribution in [0, 0.1) is 0 Å². The van der Waals surface area contributed by atoms with Gasteiger partial charge in [-0.05, 0) is 24.0 Å². The molecular weight excluding hydrogens is 164 g/mol. The first-order valence-electron chi connectivity index (χ1n) is 4.62. The van der Waals surface area contributed by atoms with E-state index in [1.165, 1.54) is 5.56 Å². The molecule has 0 N–H and O–H groups in total. The topological polar surface area (TPSA) is 18.5 Å². The summed E-state index contributed by atoms with van der Waals surface area (Å²) in [6, 6.07) is 6.05. The van der Waals surface area contributed by atoms with Gasteiger partial charge in [0.25, 0.3) is 0 Å². The van der Waals surface area contributed by atoms with E-state index in [0.717, 1.165) is 24.5 Å². The fraction of sp³-hybridized carbons (Fsp3) is 0.455. The molecule has 1 aromatic carbocycles. The molecule has 1 atom stereocenters. The van der Waals surface area contributed by atoms with Crippen molar-refractivity contribution in [3.05, 3.63) is 23.8 Å². The molecule has 1 aliphatic heterocycles. The Hall–Kier alpha value is -1.18. The number of hydrogen-bond acceptors (Lipinski definition) is 2. The molecule has 13 heavy (non-hydrogen) atoms. The van der Waals surface area contributed by atoms with Crippen LogP contribution >= 0.6 is 0 Å². The van der Waals surface area contributed by atoms with Crippen molar-refractivity contribution in [2.75, 3.05) is 13.7 Å². The Morgan fingerprint density at radius 3 is 3.08 bits per heavy atom. The minimum Gasteiger partial charge on any atom is -0.497 e. The van der Waals surface area contributed by atoms with E-state index in [4.69, 9.17) is 9.47 Å². The van der Waals surface area contributed by atoms with E-state index < -0.39 is 0 Å². The molecule has 0 amide bonds. The Balaban J connectivity index is 2.39. The third-order valence-electron chi connectivity index (χ3n) is 2.56. The lowest BCUT2D eigenvalue weighted by Gasteiger charge is -2.23. The van der Waals surface area contributed by atoms with E-state index in [2.05, 4.69) is 13.0 Å². The highest BCUT2D eigenvalue weighted by Gasteiger charge is 2.17. The van der Waals surface area contributed by atoms with E-state index in [-0.39, 0.29) is 0 Å². The number of hydrogen-bond donors (Lipinski definition) is 0. The van der Waals surface area contributed by atoms with E-state index in [0.29, 0.717) is 5.92 Å². The second-order valence-corrected chi connectivity index (χ2v) is 3.44. The molecule has 1 aliphatic rings. The van der Waals surface area contributed by atoms with Crippen LogP contribution in [0.3, 0.4) is 0 Å². The largest absolute Gasteiger partial charge is 0.497 e. The molecule has 2 rings (SSSR count). The lowest BCUT2D eigenvalue weighted by atomic mass is 9.95. The molecule has 0 saturated carbocycles. The van der Waals surface area contributed by atoms with E-state index in [1.54, 1.807) is 7.11 Å². The number of rotatable bonds is 1. The highest BCUT2D eigenvalue weighted by molar-refractivity contribution is 5.43. The van der Waals surface area contributed by atoms with Crippen LogP contribution in [0.1, 0.15) is 24.8 Å². The molecule has 2 heteroatoms. The van der Waals surface area contributed by atoms with Gasteiger partial charge in [0.05, 0.1) is 13.7 Å². The fourth-order valence-electron chi connectivity index (χ4n) is 1.67. The second kappa shape index (κ2) is 3.29. The summed E-state index contributed by atoms with van der Waals surface area (Å²) in [6.07, 6.45) is 1.11. The molecule has 0 bridgehead atoms. The van der Waals surface area contributed by atoms with Crippen molar-refractivity contribution >= 4 is 0 Å². The molecule has 0 aromatic heterocycles. The highest BCUT2D eigenvalue weighted by atomic mass is 16.5. The van der Waals surface area contributed by atoms with Crippen LogP contribution in [0.15, 0.2) is 18.2 Å². The van der Waals surface area contributed by atoms with Gasteiger partial charge < -0.3 is 9.47 Å². The predicted molar refractivity (Wildman–Crippen MR) is 51.5 cm³/mol. The summed E-state index contributed by atoms with van der Waals surface area (Å²) >= 11 is 0. The second-order valence-electron chi connectivity index (χ2n) is 3.44. The van der Waals surface area contributed by atoms with Crippen LogP contribution in [0.2, 0.25) is 0 Å². The predicted octanol–water partition coefficient (Wildman–Crippen LogP) is 2.58. The lowest BCUT2D eigenvalue weighted by Crippen LogP contribution is -2.11. The Kier molecular flexibility index (Phi) is 2.13. The minimum absolute atomic E-state index is 0.606. The highest BCUT2D eigenvalue weighted by Crippen LogP contribution is 2.35. The average Bonchev–Trinajstić information content (AvgIpc) is 2.18. The molecular formula is C11H14O2. The quantitative estimate of drug-likeness (QED) is 0.658. The van der Waals surface area contributed by atoms with Crippen LogP contribution in [0.4, 0.5) is 0 Å². The van der Waals surface area contributed by atoms with Gasteiger partial charge >= 0.3 is 0 Å². The zero-order valence-corrected chi connectivity index (χ0v) is 8.04. The van der Waals surface area contributed by atoms with Gasteiger partial charge in [-0.1, -0.05) is 13.0 Å². The van der Waals surface area contributed by atoms with Crippen LogP contribution in [0.25, 0.3) is 0 Å². The van der Waals surface area contributed by atoms with Gasteiger partial charge in [0.15, 0.2) is 0 Å². The lowest BCUT2D eigenvalue weighted by molar-refractivity contribution is 0.270. The molecule has 0 spiro atoms. The molecule has 2 nitrogen and oxygen atoms in total. The van der Waals surface area contributed by atoms with Gasteiger partial charge in [0.1, 0.15) is 11.5 Å². The minimum atomic E-state index is 0.606. The van der Waals surface area contributed by atoms with Gasteiger partial charge in [-0.25, -0.2) is 0 Å². The van der Waals surface area contributed by atoms with Crippen molar-refractivity contribution in [2.24, 2.45) is 0 Å². The molecule has 1 heterocycles. The molecule has 1 aromatic rings. The third-order valence-corrected chi connectivity index (χ3v) is 2.56. The molecule has 0 saturated heterocycles. The van der Waals surface area contributed by atoms with Crippen molar-refractivity contribution < 1.29 is 9.47 Å². The molecule has 70 valence electrons. The van der Waals surface area contributed by atoms with E-state index in [1.807, 2.05) is 12.1 Å². The van der Waals surface area contributed by atoms with Crippen molar-refractivity contribution in [1.29, 1.82) is 0 Å². The molecule has 0 aliphatic carbocycles. The van der Waals surface area contributed by atoms with Gasteiger partial charge in [-0.2, -0.15) is 0 Å². The summed E-state index contributed by atoms with van der Waals surface area (Å²) in [4.78, 5) is 0. The van der Waals surface area contributed by atoms with Crippen molar-refractivity contribution in [3.63, 3.8) is 0 Å². The molecule has 1 unspecified atom stereocenters. The van der Waals surface area contributed by atoms with E-state index in [9.17, 15) is 0 Å². The first-order chi connectivity index (χ1) is 6.31. The first-order valence-corrected chi connectivity index (χ1v) is 4.62. The monoisotopic (exact) mass is 178 g/mol. The summed E-state index contributed by atoms with van der Waals surface area (Å²) < 4.78 is 10.7. The van der Waals surface area contributed by atoms with Crippen LogP contribution < -0.4 is 9.47 Å². The molecule has 0 radical (unpaired) electrons. The Labute approximate surface area is 78.5 Å². The maximum absolute atomic E-state index is 5.56. The summed E-state index contributed by atoms with van der Waals surface area (Å²) in [6.45, 7) is 3.05. The van der Waals surface area contributed by atoms with Gasteiger partial charge in [0.2, 0.25) is 0 Å². The van der Waals surface area contributed by atoms with Crippen molar-refractivity contribution in [1.82, 2.24) is 0 Å². The van der Waals surface area contributed by atoms with Gasteiger partial charge in [-0.3, -0.25) is 0 Å². The average molecular weight is 178 g/mol. The van der Waals surface area contributed by atoms with E-state index >= 15 is 0 Å². The SMILES string of the molecule is COc1ccc2c(c1)OCCC2C. The maximum atomic E-state index is 5.56. The number of ether oxygens (including phenoxy) is 2. The third kappa shape index (κ3) is 1.48. The van der Waals surface area contributed by atoms with Crippen LogP contribution in [0.5, 0.6) is 11.5 Å². The summed E-state index contributed by atoms with van der Waals surface area (Å²) in [5, 5.41) is 0. The normalized spacial score (nSPS) is 20.3. The van der Waals surface area contributed by atoms with Crippen molar-refractivity contribution in [2.45, 2.75) is 19.3 Å². The van der Waals surface area contributed by atoms with Crippen LogP contribution in [-0.4, -0.2) is 13.7 Å². The first kappa shape index (κ1) is 8.42. The fourth-order valence-corrected chi connectivity index (χ4v) is 1.67. The number of fused-ring (bicyclic) bond motifs is 1. The Morgan fingerprint density at radius 2 is 2.31 bits per heavy atom. The van der Waals surface area contributed by atoms with Crippen LogP contribution in [-0.2, 0) is 0 Å². The van der Waals surface area contributed by atoms with Gasteiger partial charge in [0, 0.05) is 6.07 Å². The molecule has 0 fully saturated rings.